The van der Waals surface area contributed by atoms with Crippen LogP contribution in [0.15, 0.2) is 24.3 Å². The molecule has 1 aliphatic heterocycles. The molecule has 144 valence electrons. The lowest BCUT2D eigenvalue weighted by Gasteiger charge is -2.46. The molecule has 9 heteroatoms. The Bertz CT molecular complexity index is 629. The van der Waals surface area contributed by atoms with Crippen LogP contribution in [0, 0.1) is 0 Å². The van der Waals surface area contributed by atoms with Crippen molar-refractivity contribution < 1.29 is 19.5 Å². The van der Waals surface area contributed by atoms with E-state index in [1.165, 1.54) is 0 Å². The van der Waals surface area contributed by atoms with E-state index in [4.69, 9.17) is 5.90 Å². The zero-order valence-corrected chi connectivity index (χ0v) is 15.5. The number of benzene rings is 1. The maximum absolute atomic E-state index is 12.2. The SMILES string of the molecule is CC1(C)CC(NC(=O)C(=O)NNc2ccc(OON)cc2)CC(C)(C)N1. The molecule has 0 saturated carbocycles. The van der Waals surface area contributed by atoms with Crippen molar-refractivity contribution in [3.8, 4) is 5.75 Å². The number of hydrogen-bond acceptors (Lipinski definition) is 7. The van der Waals surface area contributed by atoms with E-state index in [1.807, 2.05) is 0 Å². The molecule has 1 saturated heterocycles. The van der Waals surface area contributed by atoms with Crippen molar-refractivity contribution in [3.63, 3.8) is 0 Å². The Labute approximate surface area is 152 Å². The van der Waals surface area contributed by atoms with Gasteiger partial charge in [0.15, 0.2) is 5.75 Å². The Morgan fingerprint density at radius 1 is 1.08 bits per heavy atom. The van der Waals surface area contributed by atoms with Crippen LogP contribution in [0.1, 0.15) is 40.5 Å². The lowest BCUT2D eigenvalue weighted by molar-refractivity contribution is -0.211. The van der Waals surface area contributed by atoms with Gasteiger partial charge in [-0.3, -0.25) is 20.4 Å². The lowest BCUT2D eigenvalue weighted by atomic mass is 9.79. The Balaban J connectivity index is 1.84. The molecule has 1 fully saturated rings. The summed E-state index contributed by atoms with van der Waals surface area (Å²) < 4.78 is 0. The fraction of sp³-hybridized carbons (Fsp3) is 0.529. The molecule has 1 heterocycles. The summed E-state index contributed by atoms with van der Waals surface area (Å²) in [6, 6.07) is 6.35. The van der Waals surface area contributed by atoms with Gasteiger partial charge in [0.1, 0.15) is 0 Å². The highest BCUT2D eigenvalue weighted by Gasteiger charge is 2.38. The largest absolute Gasteiger partial charge is 0.345 e. The van der Waals surface area contributed by atoms with E-state index in [0.29, 0.717) is 11.4 Å². The highest BCUT2D eigenvalue weighted by molar-refractivity contribution is 6.35. The van der Waals surface area contributed by atoms with Crippen LogP contribution >= 0.6 is 0 Å². The standard InChI is InChI=1S/C17H27N5O4/c1-16(2)9-12(10-17(3,4)22-16)19-14(23)15(24)21-20-11-5-7-13(8-6-11)25-26-18/h5-8,12,20,22H,9-10,18H2,1-4H3,(H,19,23)(H,21,24). The summed E-state index contributed by atoms with van der Waals surface area (Å²) in [6.07, 6.45) is 1.49. The number of carbonyl (C=O) groups is 2. The molecule has 1 aromatic rings. The first-order chi connectivity index (χ1) is 12.1. The third kappa shape index (κ3) is 5.87. The van der Waals surface area contributed by atoms with E-state index >= 15 is 0 Å². The molecule has 2 amide bonds. The van der Waals surface area contributed by atoms with Crippen molar-refractivity contribution in [1.82, 2.24) is 16.1 Å². The van der Waals surface area contributed by atoms with Crippen LogP contribution in [-0.2, 0) is 14.6 Å². The van der Waals surface area contributed by atoms with Crippen molar-refractivity contribution in [1.29, 1.82) is 0 Å². The fourth-order valence-electron chi connectivity index (χ4n) is 3.51. The van der Waals surface area contributed by atoms with Crippen LogP contribution in [0.2, 0.25) is 0 Å². The predicted molar refractivity (Wildman–Crippen MR) is 96.6 cm³/mol. The number of hydrogen-bond donors (Lipinski definition) is 5. The first kappa shape index (κ1) is 20.0. The molecule has 26 heavy (non-hydrogen) atoms. The molecule has 0 aromatic heterocycles. The van der Waals surface area contributed by atoms with E-state index in [2.05, 4.69) is 59.1 Å². The van der Waals surface area contributed by atoms with E-state index in [0.717, 1.165) is 12.8 Å². The maximum atomic E-state index is 12.2. The van der Waals surface area contributed by atoms with Gasteiger partial charge in [-0.05, 0) is 64.8 Å². The van der Waals surface area contributed by atoms with Crippen LogP contribution in [0.5, 0.6) is 5.75 Å². The van der Waals surface area contributed by atoms with Gasteiger partial charge in [-0.15, -0.1) is 0 Å². The molecule has 9 nitrogen and oxygen atoms in total. The van der Waals surface area contributed by atoms with Crippen molar-refractivity contribution in [3.05, 3.63) is 24.3 Å². The molecule has 0 spiro atoms. The normalized spacial score (nSPS) is 18.7. The average Bonchev–Trinajstić information content (AvgIpc) is 2.51. The summed E-state index contributed by atoms with van der Waals surface area (Å²) >= 11 is 0. The third-order valence-corrected chi connectivity index (χ3v) is 4.05. The second-order valence-corrected chi connectivity index (χ2v) is 7.75. The van der Waals surface area contributed by atoms with Crippen molar-refractivity contribution in [2.45, 2.75) is 57.7 Å². The number of rotatable bonds is 5. The van der Waals surface area contributed by atoms with Gasteiger partial charge in [0.2, 0.25) is 0 Å². The van der Waals surface area contributed by atoms with Crippen LogP contribution in [0.4, 0.5) is 5.69 Å². The molecule has 1 aliphatic rings. The minimum atomic E-state index is -0.759. The lowest BCUT2D eigenvalue weighted by Crippen LogP contribution is -2.63. The number of amides is 2. The smallest absolute Gasteiger partial charge is 0.327 e. The number of anilines is 1. The predicted octanol–water partition coefficient (Wildman–Crippen LogP) is 0.739. The van der Waals surface area contributed by atoms with E-state index in [1.54, 1.807) is 24.3 Å². The number of carbonyl (C=O) groups excluding carboxylic acids is 2. The van der Waals surface area contributed by atoms with Gasteiger partial charge in [-0.1, -0.05) is 4.99 Å². The molecule has 1 aromatic carbocycles. The monoisotopic (exact) mass is 365 g/mol. The second kappa shape index (κ2) is 7.90. The van der Waals surface area contributed by atoms with Crippen LogP contribution in [0.25, 0.3) is 0 Å². The molecule has 0 atom stereocenters. The fourth-order valence-corrected chi connectivity index (χ4v) is 3.51. The van der Waals surface area contributed by atoms with E-state index in [9.17, 15) is 9.59 Å². The van der Waals surface area contributed by atoms with Crippen molar-refractivity contribution in [2.24, 2.45) is 5.90 Å². The first-order valence-electron chi connectivity index (χ1n) is 8.40. The van der Waals surface area contributed by atoms with Crippen LogP contribution in [-0.4, -0.2) is 28.9 Å². The van der Waals surface area contributed by atoms with E-state index in [-0.39, 0.29) is 17.1 Å². The Morgan fingerprint density at radius 2 is 1.65 bits per heavy atom. The van der Waals surface area contributed by atoms with Crippen LogP contribution in [0.3, 0.4) is 0 Å². The quantitative estimate of drug-likeness (QED) is 0.296. The molecule has 6 N–H and O–H groups in total. The van der Waals surface area contributed by atoms with Gasteiger partial charge in [0.25, 0.3) is 0 Å². The summed E-state index contributed by atoms with van der Waals surface area (Å²) in [4.78, 5) is 32.9. The Morgan fingerprint density at radius 3 is 2.19 bits per heavy atom. The number of piperidine rings is 1. The topological polar surface area (TPSA) is 127 Å². The van der Waals surface area contributed by atoms with Crippen molar-refractivity contribution in [2.75, 3.05) is 5.43 Å². The molecule has 0 radical (unpaired) electrons. The number of nitrogens with two attached hydrogens (primary N) is 1. The Hall–Kier alpha value is -2.36. The van der Waals surface area contributed by atoms with Gasteiger partial charge >= 0.3 is 11.8 Å². The summed E-state index contributed by atoms with van der Waals surface area (Å²) in [5.41, 5.74) is 5.36. The molecule has 2 rings (SSSR count). The highest BCUT2D eigenvalue weighted by Crippen LogP contribution is 2.28. The number of nitrogens with one attached hydrogen (secondary N) is 4. The molecule has 0 unspecified atom stereocenters. The summed E-state index contributed by atoms with van der Waals surface area (Å²) in [5.74, 6) is 3.77. The van der Waals surface area contributed by atoms with Crippen molar-refractivity contribution >= 4 is 17.5 Å². The molecule has 0 aliphatic carbocycles. The van der Waals surface area contributed by atoms with Gasteiger partial charge in [-0.2, -0.15) is 5.90 Å². The zero-order valence-electron chi connectivity index (χ0n) is 15.5. The van der Waals surface area contributed by atoms with E-state index < -0.39 is 11.8 Å². The summed E-state index contributed by atoms with van der Waals surface area (Å²) in [6.45, 7) is 8.32. The first-order valence-corrected chi connectivity index (χ1v) is 8.40. The van der Waals surface area contributed by atoms with Gasteiger partial charge in [0, 0.05) is 17.1 Å². The molecular weight excluding hydrogens is 338 g/mol. The second-order valence-electron chi connectivity index (χ2n) is 7.75. The minimum absolute atomic E-state index is 0.0767. The summed E-state index contributed by atoms with van der Waals surface area (Å²) in [7, 11) is 0. The highest BCUT2D eigenvalue weighted by atomic mass is 17.3. The Kier molecular flexibility index (Phi) is 6.06. The maximum Gasteiger partial charge on any atom is 0.327 e. The van der Waals surface area contributed by atoms with Gasteiger partial charge in [-0.25, -0.2) is 0 Å². The summed E-state index contributed by atoms with van der Waals surface area (Å²) in [5, 5.41) is 6.34. The van der Waals surface area contributed by atoms with Gasteiger partial charge < -0.3 is 15.5 Å². The number of hydrazine groups is 1. The molecular formula is C17H27N5O4. The van der Waals surface area contributed by atoms with Gasteiger partial charge in [0.05, 0.1) is 5.69 Å². The average molecular weight is 365 g/mol. The minimum Gasteiger partial charge on any atom is -0.345 e. The van der Waals surface area contributed by atoms with Crippen LogP contribution < -0.4 is 32.3 Å². The zero-order chi connectivity index (χ0) is 19.4. The molecule has 0 bridgehead atoms. The third-order valence-electron chi connectivity index (χ3n) is 4.05.